The van der Waals surface area contributed by atoms with Crippen LogP contribution >= 0.6 is 0 Å². The molecule has 2 aromatic heterocycles. The Bertz CT molecular complexity index is 1370. The molecule has 0 saturated heterocycles. The lowest BCUT2D eigenvalue weighted by molar-refractivity contribution is -0.235. The lowest BCUT2D eigenvalue weighted by atomic mass is 9.39. The number of alkyl halides is 5. The van der Waals surface area contributed by atoms with E-state index in [1.165, 1.54) is 26.3 Å². The van der Waals surface area contributed by atoms with Gasteiger partial charge in [-0.2, -0.15) is 18.3 Å². The third-order valence-corrected chi connectivity index (χ3v) is 8.68. The molecular weight excluding hydrogens is 521 g/mol. The molecule has 1 atom stereocenters. The van der Waals surface area contributed by atoms with E-state index in [9.17, 15) is 31.0 Å². The van der Waals surface area contributed by atoms with E-state index in [2.05, 4.69) is 15.4 Å². The highest BCUT2D eigenvalue weighted by molar-refractivity contribution is 7.91. The lowest BCUT2D eigenvalue weighted by Crippen LogP contribution is -2.71. The van der Waals surface area contributed by atoms with Crippen molar-refractivity contribution in [1.82, 2.24) is 14.8 Å². The zero-order chi connectivity index (χ0) is 27.2. The van der Waals surface area contributed by atoms with Crippen LogP contribution in [0, 0.1) is 10.2 Å². The van der Waals surface area contributed by atoms with Gasteiger partial charge >= 0.3 is 6.18 Å². The molecule has 6 rings (SSSR count). The number of methoxy groups -OCH3 is 1. The smallest absolute Gasteiger partial charge is 0.378 e. The number of rotatable bonds is 7. The van der Waals surface area contributed by atoms with Crippen LogP contribution in [-0.4, -0.2) is 49.8 Å². The summed E-state index contributed by atoms with van der Waals surface area (Å²) in [7, 11) is -1.76. The second-order valence-corrected chi connectivity index (χ2v) is 13.2. The molecule has 37 heavy (non-hydrogen) atoms. The van der Waals surface area contributed by atoms with Gasteiger partial charge in [0.25, 0.3) is 5.91 Å². The zero-order valence-electron chi connectivity index (χ0n) is 20.3. The fourth-order valence-corrected chi connectivity index (χ4v) is 6.78. The number of carbonyl (C=O) groups excluding carboxylic acids is 1. The standard InChI is InChI=1S/C23H26F5N5O3S/c1-19(7-22(24,25)8-19)12-33-16(18(34)31-13-4-5-30-14(6-13)37(3,29)35)15(23(26,27)28)17(32-33)20-9-21(10-20,11-20)36-2/h4-6,29H,7-12H2,1-3H3,(H,30,31,34). The quantitative estimate of drug-likeness (QED) is 0.482. The predicted molar refractivity (Wildman–Crippen MR) is 122 cm³/mol. The number of hydrogen-bond acceptors (Lipinski definition) is 6. The maximum absolute atomic E-state index is 14.5. The highest BCUT2D eigenvalue weighted by Gasteiger charge is 2.72. The van der Waals surface area contributed by atoms with Crippen LogP contribution in [0.3, 0.4) is 0 Å². The van der Waals surface area contributed by atoms with Gasteiger partial charge in [0, 0.05) is 50.1 Å². The Kier molecular flexibility index (Phi) is 5.42. The zero-order valence-corrected chi connectivity index (χ0v) is 21.2. The van der Waals surface area contributed by atoms with Crippen molar-refractivity contribution in [1.29, 1.82) is 4.78 Å². The molecule has 0 spiro atoms. The van der Waals surface area contributed by atoms with Crippen molar-refractivity contribution in [2.45, 2.75) is 73.7 Å². The fourth-order valence-electron chi connectivity index (χ4n) is 6.17. The maximum atomic E-state index is 14.5. The topological polar surface area (TPSA) is 110 Å². The number of pyridine rings is 1. The van der Waals surface area contributed by atoms with Crippen molar-refractivity contribution < 1.29 is 35.7 Å². The van der Waals surface area contributed by atoms with Gasteiger partial charge < -0.3 is 10.1 Å². The summed E-state index contributed by atoms with van der Waals surface area (Å²) in [4.78, 5) is 17.2. The molecule has 0 aliphatic heterocycles. The third-order valence-electron chi connectivity index (χ3n) is 7.66. The molecule has 4 aliphatic rings. The minimum Gasteiger partial charge on any atom is -0.378 e. The Labute approximate surface area is 209 Å². The molecule has 8 nitrogen and oxygen atoms in total. The Morgan fingerprint density at radius 1 is 1.24 bits per heavy atom. The Morgan fingerprint density at radius 3 is 2.38 bits per heavy atom. The van der Waals surface area contributed by atoms with E-state index in [0.717, 1.165) is 17.0 Å². The average molecular weight is 548 g/mol. The summed E-state index contributed by atoms with van der Waals surface area (Å²) in [5.41, 5.74) is -4.65. The Hall–Kier alpha value is -2.61. The molecule has 2 N–H and O–H groups in total. The third kappa shape index (κ3) is 4.31. The van der Waals surface area contributed by atoms with Crippen molar-refractivity contribution in [2.75, 3.05) is 18.7 Å². The number of ether oxygens (including phenoxy) is 1. The van der Waals surface area contributed by atoms with Crippen LogP contribution in [0.4, 0.5) is 27.6 Å². The molecule has 2 aromatic rings. The predicted octanol–water partition coefficient (Wildman–Crippen LogP) is 4.84. The fraction of sp³-hybridized carbons (Fsp3) is 0.609. The molecule has 1 unspecified atom stereocenters. The van der Waals surface area contributed by atoms with E-state index >= 15 is 0 Å². The number of nitrogens with zero attached hydrogens (tertiary/aromatic N) is 3. The summed E-state index contributed by atoms with van der Waals surface area (Å²) < 4.78 is 97.0. The number of aromatic nitrogens is 3. The van der Waals surface area contributed by atoms with Crippen LogP contribution in [0.1, 0.15) is 60.8 Å². The molecule has 4 fully saturated rings. The van der Waals surface area contributed by atoms with E-state index in [1.807, 2.05) is 0 Å². The Balaban J connectivity index is 1.57. The van der Waals surface area contributed by atoms with Crippen LogP contribution in [-0.2, 0) is 32.6 Å². The van der Waals surface area contributed by atoms with Crippen LogP contribution in [0.5, 0.6) is 0 Å². The normalized spacial score (nSPS) is 28.9. The number of carbonyl (C=O) groups is 1. The summed E-state index contributed by atoms with van der Waals surface area (Å²) in [6.45, 7) is 1.24. The van der Waals surface area contributed by atoms with E-state index in [-0.39, 0.29) is 23.0 Å². The summed E-state index contributed by atoms with van der Waals surface area (Å²) in [6, 6.07) is 2.44. The van der Waals surface area contributed by atoms with Gasteiger partial charge in [0.05, 0.1) is 21.0 Å². The molecule has 4 aliphatic carbocycles. The first kappa shape index (κ1) is 26.0. The highest BCUT2D eigenvalue weighted by atomic mass is 32.2. The van der Waals surface area contributed by atoms with E-state index in [4.69, 9.17) is 9.52 Å². The summed E-state index contributed by atoms with van der Waals surface area (Å²) in [5.74, 6) is -4.06. The molecule has 2 heterocycles. The van der Waals surface area contributed by atoms with Crippen LogP contribution in [0.25, 0.3) is 0 Å². The van der Waals surface area contributed by atoms with E-state index in [0.29, 0.717) is 19.3 Å². The molecule has 2 bridgehead atoms. The van der Waals surface area contributed by atoms with Crippen molar-refractivity contribution in [2.24, 2.45) is 5.41 Å². The van der Waals surface area contributed by atoms with Crippen molar-refractivity contribution in [3.8, 4) is 0 Å². The van der Waals surface area contributed by atoms with E-state index in [1.54, 1.807) is 0 Å². The monoisotopic (exact) mass is 547 g/mol. The molecule has 0 aromatic carbocycles. The highest BCUT2D eigenvalue weighted by Crippen LogP contribution is 2.70. The maximum Gasteiger partial charge on any atom is 0.420 e. The molecule has 14 heteroatoms. The number of amides is 1. The van der Waals surface area contributed by atoms with Crippen molar-refractivity contribution in [3.63, 3.8) is 0 Å². The van der Waals surface area contributed by atoms with Gasteiger partial charge in [-0.1, -0.05) is 6.92 Å². The van der Waals surface area contributed by atoms with E-state index < -0.39 is 68.3 Å². The van der Waals surface area contributed by atoms with Gasteiger partial charge in [0.2, 0.25) is 5.92 Å². The van der Waals surface area contributed by atoms with Crippen molar-refractivity contribution >= 4 is 21.3 Å². The van der Waals surface area contributed by atoms with Crippen LogP contribution in [0.15, 0.2) is 23.4 Å². The van der Waals surface area contributed by atoms with Gasteiger partial charge in [-0.3, -0.25) is 9.48 Å². The Morgan fingerprint density at radius 2 is 1.86 bits per heavy atom. The molecule has 1 amide bonds. The van der Waals surface area contributed by atoms with Crippen LogP contribution in [0.2, 0.25) is 0 Å². The van der Waals surface area contributed by atoms with Gasteiger partial charge in [0.15, 0.2) is 0 Å². The molecular formula is C23H26F5N5O3S. The number of anilines is 1. The largest absolute Gasteiger partial charge is 0.420 e. The first-order valence-corrected chi connectivity index (χ1v) is 13.5. The van der Waals surface area contributed by atoms with Crippen LogP contribution < -0.4 is 5.32 Å². The summed E-state index contributed by atoms with van der Waals surface area (Å²) in [6.07, 6.45) is -2.72. The molecule has 202 valence electrons. The van der Waals surface area contributed by atoms with Gasteiger partial charge in [-0.25, -0.2) is 22.8 Å². The summed E-state index contributed by atoms with van der Waals surface area (Å²) in [5, 5.41) is 6.47. The second-order valence-electron chi connectivity index (χ2n) is 11.1. The van der Waals surface area contributed by atoms with Gasteiger partial charge in [-0.05, 0) is 36.8 Å². The number of nitrogens with one attached hydrogen (secondary N) is 2. The number of halogens is 5. The van der Waals surface area contributed by atoms with Gasteiger partial charge in [0.1, 0.15) is 16.3 Å². The number of hydrogen-bond donors (Lipinski definition) is 2. The summed E-state index contributed by atoms with van der Waals surface area (Å²) >= 11 is 0. The minimum absolute atomic E-state index is 0.00973. The van der Waals surface area contributed by atoms with Gasteiger partial charge in [-0.15, -0.1) is 0 Å². The lowest BCUT2D eigenvalue weighted by Gasteiger charge is -2.68. The van der Waals surface area contributed by atoms with Crippen molar-refractivity contribution in [3.05, 3.63) is 35.3 Å². The average Bonchev–Trinajstić information content (AvgIpc) is 3.03. The molecule has 4 saturated carbocycles. The second kappa shape index (κ2) is 7.71. The first-order valence-electron chi connectivity index (χ1n) is 11.5. The SMILES string of the molecule is COC12CC(c3nn(CC4(C)CC(F)(F)C4)c(C(=O)Nc4ccnc(S(C)(=N)=O)c4)c3C(F)(F)F)(C1)C2. The minimum atomic E-state index is -4.94. The molecule has 0 radical (unpaired) electrons. The first-order chi connectivity index (χ1) is 16.9.